The smallest absolute Gasteiger partial charge is 0.318 e. The minimum atomic E-state index is -0.0137. The number of pyridine rings is 1. The molecular formula is C16H23N3O3. The molecule has 0 radical (unpaired) electrons. The van der Waals surface area contributed by atoms with E-state index >= 15 is 0 Å². The number of nitrogens with zero attached hydrogens (tertiary/aromatic N) is 2. The normalized spacial score (nSPS) is 27.5. The van der Waals surface area contributed by atoms with Crippen LogP contribution in [0.15, 0.2) is 24.5 Å². The highest BCUT2D eigenvalue weighted by Crippen LogP contribution is 2.34. The fourth-order valence-electron chi connectivity index (χ4n) is 3.46. The summed E-state index contributed by atoms with van der Waals surface area (Å²) in [4.78, 5) is 18.5. The molecular weight excluding hydrogens is 282 g/mol. The van der Waals surface area contributed by atoms with Crippen molar-refractivity contribution in [2.24, 2.45) is 5.92 Å². The molecule has 0 spiro atoms. The zero-order valence-electron chi connectivity index (χ0n) is 12.9. The standard InChI is InChI=1S/C16H23N3O3/c1-21-11-13-7-14-15(8-13)22-6-5-19(14)16(20)18-10-12-3-2-4-17-9-12/h2-4,9,13-15H,5-8,10-11H2,1H3,(H,18,20)/t13-,14+,15+/m0/s1. The molecule has 120 valence electrons. The number of carbonyl (C=O) groups excluding carboxylic acids is 1. The molecule has 3 atom stereocenters. The molecule has 0 bridgehead atoms. The van der Waals surface area contributed by atoms with E-state index in [1.807, 2.05) is 17.0 Å². The second-order valence-corrected chi connectivity index (χ2v) is 5.98. The third-order valence-electron chi connectivity index (χ3n) is 4.46. The van der Waals surface area contributed by atoms with Gasteiger partial charge in [0.1, 0.15) is 0 Å². The van der Waals surface area contributed by atoms with Crippen molar-refractivity contribution in [2.75, 3.05) is 26.9 Å². The Labute approximate surface area is 130 Å². The van der Waals surface area contributed by atoms with E-state index in [1.165, 1.54) is 0 Å². The van der Waals surface area contributed by atoms with E-state index in [-0.39, 0.29) is 18.2 Å². The van der Waals surface area contributed by atoms with Gasteiger partial charge in [0.15, 0.2) is 0 Å². The first kappa shape index (κ1) is 15.2. The molecule has 0 aromatic carbocycles. The molecule has 6 heteroatoms. The molecule has 1 aliphatic carbocycles. The summed E-state index contributed by atoms with van der Waals surface area (Å²) >= 11 is 0. The first-order valence-electron chi connectivity index (χ1n) is 7.82. The summed E-state index contributed by atoms with van der Waals surface area (Å²) in [7, 11) is 1.72. The summed E-state index contributed by atoms with van der Waals surface area (Å²) < 4.78 is 11.1. The molecule has 3 rings (SSSR count). The third-order valence-corrected chi connectivity index (χ3v) is 4.46. The molecule has 22 heavy (non-hydrogen) atoms. The number of morpholine rings is 1. The molecule has 1 aromatic heterocycles. The Balaban J connectivity index is 1.57. The molecule has 2 fully saturated rings. The summed E-state index contributed by atoms with van der Waals surface area (Å²) in [5.41, 5.74) is 1.00. The van der Waals surface area contributed by atoms with Crippen LogP contribution in [0.25, 0.3) is 0 Å². The van der Waals surface area contributed by atoms with Crippen LogP contribution in [-0.2, 0) is 16.0 Å². The molecule has 1 aliphatic heterocycles. The Bertz CT molecular complexity index is 497. The Morgan fingerprint density at radius 2 is 2.45 bits per heavy atom. The largest absolute Gasteiger partial charge is 0.384 e. The summed E-state index contributed by atoms with van der Waals surface area (Å²) in [5.74, 6) is 0.478. The van der Waals surface area contributed by atoms with Crippen molar-refractivity contribution >= 4 is 6.03 Å². The zero-order valence-corrected chi connectivity index (χ0v) is 12.9. The van der Waals surface area contributed by atoms with Gasteiger partial charge < -0.3 is 19.7 Å². The first-order chi connectivity index (χ1) is 10.8. The number of nitrogens with one attached hydrogen (secondary N) is 1. The second-order valence-electron chi connectivity index (χ2n) is 5.98. The number of rotatable bonds is 4. The van der Waals surface area contributed by atoms with Crippen LogP contribution in [0.4, 0.5) is 4.79 Å². The van der Waals surface area contributed by atoms with Crippen molar-refractivity contribution in [1.29, 1.82) is 0 Å². The number of carbonyl (C=O) groups is 1. The van der Waals surface area contributed by atoms with E-state index in [9.17, 15) is 4.79 Å². The van der Waals surface area contributed by atoms with Crippen LogP contribution >= 0.6 is 0 Å². The number of hydrogen-bond donors (Lipinski definition) is 1. The number of hydrogen-bond acceptors (Lipinski definition) is 4. The summed E-state index contributed by atoms with van der Waals surface area (Å²) in [6, 6.07) is 3.99. The quantitative estimate of drug-likeness (QED) is 0.914. The van der Waals surface area contributed by atoms with Gasteiger partial charge in [0.2, 0.25) is 0 Å². The fourth-order valence-corrected chi connectivity index (χ4v) is 3.46. The predicted molar refractivity (Wildman–Crippen MR) is 81.3 cm³/mol. The number of amides is 2. The van der Waals surface area contributed by atoms with Crippen molar-refractivity contribution in [1.82, 2.24) is 15.2 Å². The molecule has 1 aromatic rings. The Morgan fingerprint density at radius 1 is 1.55 bits per heavy atom. The maximum absolute atomic E-state index is 12.5. The molecule has 2 aliphatic rings. The van der Waals surface area contributed by atoms with Crippen molar-refractivity contribution in [2.45, 2.75) is 31.5 Å². The molecule has 2 heterocycles. The van der Waals surface area contributed by atoms with Crippen LogP contribution < -0.4 is 5.32 Å². The van der Waals surface area contributed by atoms with Crippen molar-refractivity contribution in [3.63, 3.8) is 0 Å². The lowest BCUT2D eigenvalue weighted by Gasteiger charge is -2.37. The van der Waals surface area contributed by atoms with Gasteiger partial charge in [-0.15, -0.1) is 0 Å². The summed E-state index contributed by atoms with van der Waals surface area (Å²) in [5, 5.41) is 2.99. The van der Waals surface area contributed by atoms with Crippen LogP contribution in [0, 0.1) is 5.92 Å². The first-order valence-corrected chi connectivity index (χ1v) is 7.82. The van der Waals surface area contributed by atoms with E-state index in [2.05, 4.69) is 10.3 Å². The van der Waals surface area contributed by atoms with Crippen LogP contribution in [0.2, 0.25) is 0 Å². The lowest BCUT2D eigenvalue weighted by molar-refractivity contribution is -0.0388. The molecule has 1 N–H and O–H groups in total. The molecule has 2 amide bonds. The van der Waals surface area contributed by atoms with Gasteiger partial charge in [-0.3, -0.25) is 4.98 Å². The van der Waals surface area contributed by atoms with Gasteiger partial charge in [-0.05, 0) is 30.4 Å². The van der Waals surface area contributed by atoms with E-state index in [4.69, 9.17) is 9.47 Å². The number of methoxy groups -OCH3 is 1. The van der Waals surface area contributed by atoms with Crippen LogP contribution in [0.5, 0.6) is 0 Å². The van der Waals surface area contributed by atoms with Crippen LogP contribution in [-0.4, -0.2) is 54.9 Å². The highest BCUT2D eigenvalue weighted by molar-refractivity contribution is 5.74. The average molecular weight is 305 g/mol. The SMILES string of the molecule is COC[C@H]1C[C@@H]2[C@@H](C1)OCCN2C(=O)NCc1cccnc1. The monoisotopic (exact) mass is 305 g/mol. The average Bonchev–Trinajstić information content (AvgIpc) is 2.96. The lowest BCUT2D eigenvalue weighted by atomic mass is 10.1. The Hall–Kier alpha value is -1.66. The predicted octanol–water partition coefficient (Wildman–Crippen LogP) is 1.42. The highest BCUT2D eigenvalue weighted by atomic mass is 16.5. The van der Waals surface area contributed by atoms with E-state index in [0.29, 0.717) is 25.6 Å². The van der Waals surface area contributed by atoms with Crippen molar-refractivity contribution in [3.05, 3.63) is 30.1 Å². The van der Waals surface area contributed by atoms with Gasteiger partial charge in [0.05, 0.1) is 18.8 Å². The van der Waals surface area contributed by atoms with Gasteiger partial charge in [0, 0.05) is 39.2 Å². The number of urea groups is 1. The van der Waals surface area contributed by atoms with Gasteiger partial charge >= 0.3 is 6.03 Å². The molecule has 1 saturated heterocycles. The highest BCUT2D eigenvalue weighted by Gasteiger charge is 2.42. The van der Waals surface area contributed by atoms with Crippen LogP contribution in [0.3, 0.4) is 0 Å². The van der Waals surface area contributed by atoms with Crippen molar-refractivity contribution in [3.8, 4) is 0 Å². The fraction of sp³-hybridized carbons (Fsp3) is 0.625. The van der Waals surface area contributed by atoms with Gasteiger partial charge in [-0.1, -0.05) is 6.07 Å². The van der Waals surface area contributed by atoms with Crippen molar-refractivity contribution < 1.29 is 14.3 Å². The zero-order chi connectivity index (χ0) is 15.4. The van der Waals surface area contributed by atoms with E-state index in [0.717, 1.165) is 25.0 Å². The number of fused-ring (bicyclic) bond motifs is 1. The van der Waals surface area contributed by atoms with Gasteiger partial charge in [-0.2, -0.15) is 0 Å². The Morgan fingerprint density at radius 3 is 3.23 bits per heavy atom. The van der Waals surface area contributed by atoms with Gasteiger partial charge in [0.25, 0.3) is 0 Å². The number of ether oxygens (including phenoxy) is 2. The molecule has 0 unspecified atom stereocenters. The second kappa shape index (κ2) is 7.07. The minimum Gasteiger partial charge on any atom is -0.384 e. The number of aromatic nitrogens is 1. The third kappa shape index (κ3) is 3.39. The minimum absolute atomic E-state index is 0.0137. The van der Waals surface area contributed by atoms with Crippen LogP contribution in [0.1, 0.15) is 18.4 Å². The Kier molecular flexibility index (Phi) is 4.90. The van der Waals surface area contributed by atoms with E-state index in [1.54, 1.807) is 19.5 Å². The maximum atomic E-state index is 12.5. The topological polar surface area (TPSA) is 63.7 Å². The summed E-state index contributed by atoms with van der Waals surface area (Å²) in [6.45, 7) is 2.51. The van der Waals surface area contributed by atoms with Gasteiger partial charge in [-0.25, -0.2) is 4.79 Å². The molecule has 6 nitrogen and oxygen atoms in total. The lowest BCUT2D eigenvalue weighted by Crippen LogP contribution is -2.54. The maximum Gasteiger partial charge on any atom is 0.318 e. The summed E-state index contributed by atoms with van der Waals surface area (Å²) in [6.07, 6.45) is 5.58. The molecule has 1 saturated carbocycles. The van der Waals surface area contributed by atoms with E-state index < -0.39 is 0 Å².